The minimum absolute atomic E-state index is 0.0268. The van der Waals surface area contributed by atoms with Crippen LogP contribution in [-0.2, 0) is 6.61 Å². The van der Waals surface area contributed by atoms with Gasteiger partial charge in [-0.2, -0.15) is 9.78 Å². The highest BCUT2D eigenvalue weighted by Crippen LogP contribution is 2.19. The molecule has 0 fully saturated rings. The molecule has 0 atom stereocenters. The molecule has 0 saturated carbocycles. The van der Waals surface area contributed by atoms with Crippen LogP contribution in [0.25, 0.3) is 5.82 Å². The van der Waals surface area contributed by atoms with Gasteiger partial charge in [-0.1, -0.05) is 47.1 Å². The number of benzene rings is 2. The van der Waals surface area contributed by atoms with E-state index in [0.717, 1.165) is 15.8 Å². The predicted octanol–water partition coefficient (Wildman–Crippen LogP) is 2.54. The number of hydrazone groups is 1. The molecular weight excluding hydrogens is 436 g/mol. The Morgan fingerprint density at radius 2 is 2.12 bits per heavy atom. The quantitative estimate of drug-likeness (QED) is 0.321. The Balaban J connectivity index is 1.42. The van der Waals surface area contributed by atoms with Crippen molar-refractivity contribution in [1.29, 1.82) is 0 Å². The first-order valence-corrected chi connectivity index (χ1v) is 9.71. The van der Waals surface area contributed by atoms with Crippen LogP contribution in [0.3, 0.4) is 0 Å². The summed E-state index contributed by atoms with van der Waals surface area (Å²) >= 11 is 6.15. The van der Waals surface area contributed by atoms with Gasteiger partial charge in [-0.05, 0) is 41.0 Å². The van der Waals surface area contributed by atoms with E-state index in [2.05, 4.69) is 35.8 Å². The van der Waals surface area contributed by atoms with Crippen LogP contribution in [0.2, 0.25) is 5.02 Å². The van der Waals surface area contributed by atoms with Gasteiger partial charge in [0.25, 0.3) is 5.91 Å². The maximum absolute atomic E-state index is 12.6. The molecule has 0 bridgehead atoms. The summed E-state index contributed by atoms with van der Waals surface area (Å²) in [5.74, 6) is 0.105. The van der Waals surface area contributed by atoms with Crippen LogP contribution in [0.5, 0.6) is 5.75 Å². The molecule has 0 unspecified atom stereocenters. The number of ether oxygens (including phenoxy) is 1. The highest BCUT2D eigenvalue weighted by molar-refractivity contribution is 6.31. The van der Waals surface area contributed by atoms with Crippen molar-refractivity contribution in [3.8, 4) is 11.6 Å². The Morgan fingerprint density at radius 3 is 2.91 bits per heavy atom. The summed E-state index contributed by atoms with van der Waals surface area (Å²) < 4.78 is 11.5. The van der Waals surface area contributed by atoms with E-state index in [1.807, 2.05) is 42.5 Å². The van der Waals surface area contributed by atoms with Crippen LogP contribution in [0.1, 0.15) is 27.3 Å². The van der Waals surface area contributed by atoms with E-state index in [4.69, 9.17) is 22.1 Å². The van der Waals surface area contributed by atoms with Crippen LogP contribution in [0.15, 0.2) is 58.3 Å². The summed E-state index contributed by atoms with van der Waals surface area (Å²) in [7, 11) is 0. The van der Waals surface area contributed by atoms with Crippen LogP contribution < -0.4 is 15.9 Å². The first-order valence-electron chi connectivity index (χ1n) is 9.33. The zero-order valence-corrected chi connectivity index (χ0v) is 17.5. The zero-order chi connectivity index (χ0) is 22.5. The number of nitrogens with zero attached hydrogens (tertiary/aromatic N) is 6. The second-order valence-corrected chi connectivity index (χ2v) is 6.97. The lowest BCUT2D eigenvalue weighted by atomic mass is 10.2. The number of carbonyl (C=O) groups is 1. The minimum Gasteiger partial charge on any atom is -0.489 e. The van der Waals surface area contributed by atoms with E-state index >= 15 is 0 Å². The number of aromatic nitrogens is 5. The molecule has 0 saturated heterocycles. The van der Waals surface area contributed by atoms with E-state index in [-0.39, 0.29) is 17.3 Å². The third kappa shape index (κ3) is 4.57. The fourth-order valence-electron chi connectivity index (χ4n) is 2.78. The second-order valence-electron chi connectivity index (χ2n) is 6.56. The van der Waals surface area contributed by atoms with Gasteiger partial charge in [0.15, 0.2) is 5.69 Å². The second kappa shape index (κ2) is 9.27. The molecule has 32 heavy (non-hydrogen) atoms. The van der Waals surface area contributed by atoms with Crippen molar-refractivity contribution in [2.75, 3.05) is 5.73 Å². The SMILES string of the molecule is Cc1nnn(-c2nonc2N)c1C(=O)NN=Cc1cccc(OCc2ccccc2Cl)c1. The van der Waals surface area contributed by atoms with Gasteiger partial charge in [-0.25, -0.2) is 10.1 Å². The maximum atomic E-state index is 12.6. The summed E-state index contributed by atoms with van der Waals surface area (Å²) in [6.45, 7) is 1.94. The minimum atomic E-state index is -0.558. The molecule has 4 aromatic rings. The van der Waals surface area contributed by atoms with Gasteiger partial charge in [-0.15, -0.1) is 5.10 Å². The molecule has 2 aromatic carbocycles. The van der Waals surface area contributed by atoms with Gasteiger partial charge in [0, 0.05) is 10.6 Å². The van der Waals surface area contributed by atoms with E-state index in [9.17, 15) is 4.79 Å². The standard InChI is InChI=1S/C20H17ClN8O3/c1-12-17(29(28-24-12)19-18(22)26-32-27-19)20(30)25-23-10-13-5-4-7-15(9-13)31-11-14-6-2-3-8-16(14)21/h2-10H,11H2,1H3,(H2,22,26)(H,25,30). The van der Waals surface area contributed by atoms with Crippen LogP contribution >= 0.6 is 11.6 Å². The number of nitrogen functional groups attached to an aromatic ring is 1. The highest BCUT2D eigenvalue weighted by Gasteiger charge is 2.22. The lowest BCUT2D eigenvalue weighted by Gasteiger charge is -2.08. The smallest absolute Gasteiger partial charge is 0.292 e. The Morgan fingerprint density at radius 1 is 1.28 bits per heavy atom. The van der Waals surface area contributed by atoms with Gasteiger partial charge >= 0.3 is 0 Å². The van der Waals surface area contributed by atoms with E-state index in [1.165, 1.54) is 6.21 Å². The number of amides is 1. The molecule has 162 valence electrons. The molecule has 4 rings (SSSR count). The average molecular weight is 453 g/mol. The fraction of sp³-hybridized carbons (Fsp3) is 0.100. The molecule has 11 nitrogen and oxygen atoms in total. The lowest BCUT2D eigenvalue weighted by Crippen LogP contribution is -2.22. The Bertz CT molecular complexity index is 1280. The van der Waals surface area contributed by atoms with Crippen molar-refractivity contribution in [1.82, 2.24) is 30.7 Å². The number of rotatable bonds is 7. The average Bonchev–Trinajstić information content (AvgIpc) is 3.38. The van der Waals surface area contributed by atoms with Gasteiger partial charge in [0.05, 0.1) is 11.9 Å². The van der Waals surface area contributed by atoms with Gasteiger partial charge in [0.2, 0.25) is 11.6 Å². The van der Waals surface area contributed by atoms with Crippen molar-refractivity contribution in [3.63, 3.8) is 0 Å². The third-order valence-corrected chi connectivity index (χ3v) is 4.71. The first kappa shape index (κ1) is 21.0. The van der Waals surface area contributed by atoms with E-state index < -0.39 is 5.91 Å². The summed E-state index contributed by atoms with van der Waals surface area (Å²) in [6, 6.07) is 14.7. The molecule has 0 aliphatic carbocycles. The van der Waals surface area contributed by atoms with Crippen molar-refractivity contribution < 1.29 is 14.2 Å². The molecule has 2 aromatic heterocycles. The Labute approximate surface area is 186 Å². The van der Waals surface area contributed by atoms with E-state index in [0.29, 0.717) is 23.1 Å². The number of carbonyl (C=O) groups excluding carboxylic acids is 1. The zero-order valence-electron chi connectivity index (χ0n) is 16.8. The number of nitrogens with two attached hydrogens (primary N) is 1. The molecule has 0 aliphatic rings. The molecule has 2 heterocycles. The number of hydrogen-bond donors (Lipinski definition) is 2. The third-order valence-electron chi connectivity index (χ3n) is 4.34. The Hall–Kier alpha value is -4.25. The van der Waals surface area contributed by atoms with Crippen molar-refractivity contribution in [3.05, 3.63) is 76.1 Å². The molecule has 0 radical (unpaired) electrons. The number of halogens is 1. The topological polar surface area (TPSA) is 146 Å². The van der Waals surface area contributed by atoms with E-state index in [1.54, 1.807) is 13.0 Å². The van der Waals surface area contributed by atoms with Crippen LogP contribution in [-0.4, -0.2) is 37.4 Å². The number of hydrogen-bond acceptors (Lipinski definition) is 9. The normalized spacial score (nSPS) is 11.1. The highest BCUT2D eigenvalue weighted by atomic mass is 35.5. The van der Waals surface area contributed by atoms with Crippen molar-refractivity contribution >= 4 is 29.5 Å². The van der Waals surface area contributed by atoms with Crippen molar-refractivity contribution in [2.24, 2.45) is 5.10 Å². The first-order chi connectivity index (χ1) is 15.5. The van der Waals surface area contributed by atoms with Gasteiger partial charge < -0.3 is 10.5 Å². The number of nitrogens with one attached hydrogen (secondary N) is 1. The van der Waals surface area contributed by atoms with Crippen molar-refractivity contribution in [2.45, 2.75) is 13.5 Å². The fourth-order valence-corrected chi connectivity index (χ4v) is 2.97. The molecule has 0 aliphatic heterocycles. The van der Waals surface area contributed by atoms with Crippen LogP contribution in [0, 0.1) is 6.92 Å². The summed E-state index contributed by atoms with van der Waals surface area (Å²) in [6.07, 6.45) is 1.48. The Kier molecular flexibility index (Phi) is 6.08. The largest absolute Gasteiger partial charge is 0.489 e. The molecule has 1 amide bonds. The molecular formula is C20H17ClN8O3. The number of aryl methyl sites for hydroxylation is 1. The maximum Gasteiger partial charge on any atom is 0.292 e. The predicted molar refractivity (Wildman–Crippen MR) is 116 cm³/mol. The van der Waals surface area contributed by atoms with Gasteiger partial charge in [0.1, 0.15) is 12.4 Å². The monoisotopic (exact) mass is 452 g/mol. The van der Waals surface area contributed by atoms with Gasteiger partial charge in [-0.3, -0.25) is 4.79 Å². The molecule has 12 heteroatoms. The summed E-state index contributed by atoms with van der Waals surface area (Å²) in [5.41, 5.74) is 10.2. The summed E-state index contributed by atoms with van der Waals surface area (Å²) in [5, 5.41) is 19.5. The molecule has 0 spiro atoms. The lowest BCUT2D eigenvalue weighted by molar-refractivity contribution is 0.0946. The molecule has 3 N–H and O–H groups in total. The number of anilines is 1. The summed E-state index contributed by atoms with van der Waals surface area (Å²) in [4.78, 5) is 12.6. The van der Waals surface area contributed by atoms with Crippen LogP contribution in [0.4, 0.5) is 5.82 Å².